The summed E-state index contributed by atoms with van der Waals surface area (Å²) in [4.78, 5) is 11.0. The monoisotopic (exact) mass is 359 g/mol. The van der Waals surface area contributed by atoms with Gasteiger partial charge in [-0.05, 0) is 36.1 Å². The first-order chi connectivity index (χ1) is 13.3. The van der Waals surface area contributed by atoms with E-state index in [0.717, 1.165) is 11.6 Å². The molecule has 1 fully saturated rings. The third-order valence-corrected chi connectivity index (χ3v) is 5.30. The Labute approximate surface area is 160 Å². The predicted octanol–water partition coefficient (Wildman–Crippen LogP) is 5.70. The molecule has 4 nitrogen and oxygen atoms in total. The molecule has 0 N–H and O–H groups in total. The van der Waals surface area contributed by atoms with Crippen molar-refractivity contribution < 1.29 is 4.74 Å². The minimum Gasteiger partial charge on any atom is -0.439 e. The molecule has 1 aromatic heterocycles. The zero-order chi connectivity index (χ0) is 18.5. The molecule has 0 aliphatic heterocycles. The van der Waals surface area contributed by atoms with Gasteiger partial charge in [0.05, 0.1) is 0 Å². The van der Waals surface area contributed by atoms with Crippen LogP contribution in [-0.2, 0) is 0 Å². The minimum atomic E-state index is 0.562. The minimum absolute atomic E-state index is 0.562. The molecule has 1 aliphatic carbocycles. The van der Waals surface area contributed by atoms with Crippen molar-refractivity contribution in [2.75, 3.05) is 11.9 Å². The molecule has 3 aromatic rings. The molecule has 27 heavy (non-hydrogen) atoms. The SMILES string of the molecule is CN(c1cc(Oc2ccc(-c3ccccc3)cc2)ncn1)C1CCCCC1. The van der Waals surface area contributed by atoms with E-state index in [4.69, 9.17) is 4.74 Å². The molecule has 0 amide bonds. The maximum absolute atomic E-state index is 5.97. The topological polar surface area (TPSA) is 38.2 Å². The molecule has 0 unspecified atom stereocenters. The molecular weight excluding hydrogens is 334 g/mol. The lowest BCUT2D eigenvalue weighted by molar-refractivity contribution is 0.424. The van der Waals surface area contributed by atoms with Gasteiger partial charge in [0.2, 0.25) is 5.88 Å². The second-order valence-corrected chi connectivity index (χ2v) is 7.11. The lowest BCUT2D eigenvalue weighted by Gasteiger charge is -2.32. The van der Waals surface area contributed by atoms with Crippen LogP contribution in [0.4, 0.5) is 5.82 Å². The number of aromatic nitrogens is 2. The van der Waals surface area contributed by atoms with Crippen molar-refractivity contribution in [3.05, 3.63) is 67.0 Å². The van der Waals surface area contributed by atoms with Gasteiger partial charge in [0.15, 0.2) is 0 Å². The summed E-state index contributed by atoms with van der Waals surface area (Å²) in [5.41, 5.74) is 2.37. The average Bonchev–Trinajstić information content (AvgIpc) is 2.75. The van der Waals surface area contributed by atoms with Gasteiger partial charge in [-0.25, -0.2) is 9.97 Å². The van der Waals surface area contributed by atoms with Gasteiger partial charge in [-0.1, -0.05) is 61.7 Å². The van der Waals surface area contributed by atoms with Crippen LogP contribution in [0.3, 0.4) is 0 Å². The van der Waals surface area contributed by atoms with Gasteiger partial charge in [-0.15, -0.1) is 0 Å². The zero-order valence-corrected chi connectivity index (χ0v) is 15.7. The summed E-state index contributed by atoms with van der Waals surface area (Å²) in [6.07, 6.45) is 8.01. The van der Waals surface area contributed by atoms with Gasteiger partial charge in [0, 0.05) is 19.2 Å². The van der Waals surface area contributed by atoms with E-state index in [9.17, 15) is 0 Å². The van der Waals surface area contributed by atoms with E-state index < -0.39 is 0 Å². The summed E-state index contributed by atoms with van der Waals surface area (Å²) in [6, 6.07) is 20.9. The van der Waals surface area contributed by atoms with Crippen LogP contribution in [0.2, 0.25) is 0 Å². The molecule has 1 saturated carbocycles. The van der Waals surface area contributed by atoms with Crippen molar-refractivity contribution in [3.8, 4) is 22.8 Å². The van der Waals surface area contributed by atoms with Crippen molar-refractivity contribution in [1.29, 1.82) is 0 Å². The maximum Gasteiger partial charge on any atom is 0.224 e. The first kappa shape index (κ1) is 17.5. The quantitative estimate of drug-likeness (QED) is 0.585. The highest BCUT2D eigenvalue weighted by atomic mass is 16.5. The Balaban J connectivity index is 1.46. The number of anilines is 1. The van der Waals surface area contributed by atoms with Crippen molar-refractivity contribution in [3.63, 3.8) is 0 Å². The van der Waals surface area contributed by atoms with Crippen LogP contribution in [0, 0.1) is 0 Å². The highest BCUT2D eigenvalue weighted by molar-refractivity contribution is 5.64. The Morgan fingerprint density at radius 1 is 0.852 bits per heavy atom. The first-order valence-corrected chi connectivity index (χ1v) is 9.68. The fourth-order valence-corrected chi connectivity index (χ4v) is 3.70. The van der Waals surface area contributed by atoms with Gasteiger partial charge in [-0.2, -0.15) is 0 Å². The van der Waals surface area contributed by atoms with Gasteiger partial charge in [0.25, 0.3) is 0 Å². The van der Waals surface area contributed by atoms with Crippen molar-refractivity contribution >= 4 is 5.82 Å². The Morgan fingerprint density at radius 2 is 1.56 bits per heavy atom. The van der Waals surface area contributed by atoms with Gasteiger partial charge in [-0.3, -0.25) is 0 Å². The summed E-state index contributed by atoms with van der Waals surface area (Å²) in [6.45, 7) is 0. The summed E-state index contributed by atoms with van der Waals surface area (Å²) in [5.74, 6) is 2.28. The molecule has 2 aromatic carbocycles. The Kier molecular flexibility index (Phi) is 5.33. The summed E-state index contributed by atoms with van der Waals surface area (Å²) < 4.78 is 5.97. The van der Waals surface area contributed by atoms with Crippen LogP contribution < -0.4 is 9.64 Å². The van der Waals surface area contributed by atoms with Crippen molar-refractivity contribution in [1.82, 2.24) is 9.97 Å². The van der Waals surface area contributed by atoms with E-state index in [-0.39, 0.29) is 0 Å². The van der Waals surface area contributed by atoms with Crippen LogP contribution in [0.15, 0.2) is 67.0 Å². The highest BCUT2D eigenvalue weighted by Gasteiger charge is 2.19. The third kappa shape index (κ3) is 4.27. The fourth-order valence-electron chi connectivity index (χ4n) is 3.70. The normalized spacial score (nSPS) is 14.7. The lowest BCUT2D eigenvalue weighted by Crippen LogP contribution is -2.33. The predicted molar refractivity (Wildman–Crippen MR) is 109 cm³/mol. The summed E-state index contributed by atoms with van der Waals surface area (Å²) >= 11 is 0. The van der Waals surface area contributed by atoms with Gasteiger partial charge >= 0.3 is 0 Å². The molecular formula is C23H25N3O. The second-order valence-electron chi connectivity index (χ2n) is 7.11. The molecule has 0 saturated heterocycles. The molecule has 1 heterocycles. The number of hydrogen-bond acceptors (Lipinski definition) is 4. The summed E-state index contributed by atoms with van der Waals surface area (Å²) in [5, 5.41) is 0. The molecule has 0 atom stereocenters. The molecule has 0 radical (unpaired) electrons. The Hall–Kier alpha value is -2.88. The van der Waals surface area contributed by atoms with Crippen LogP contribution in [0.25, 0.3) is 11.1 Å². The van der Waals surface area contributed by atoms with Gasteiger partial charge in [0.1, 0.15) is 17.9 Å². The molecule has 1 aliphatic rings. The maximum atomic E-state index is 5.97. The standard InChI is InChI=1S/C23H25N3O/c1-26(20-10-6-3-7-11-20)22-16-23(25-17-24-22)27-21-14-12-19(13-15-21)18-8-4-2-5-9-18/h2,4-5,8-9,12-17,20H,3,6-7,10-11H2,1H3. The van der Waals surface area contributed by atoms with Crippen LogP contribution >= 0.6 is 0 Å². The lowest BCUT2D eigenvalue weighted by atomic mass is 9.94. The number of ether oxygens (including phenoxy) is 1. The van der Waals surface area contributed by atoms with Crippen LogP contribution in [-0.4, -0.2) is 23.1 Å². The fraction of sp³-hybridized carbons (Fsp3) is 0.304. The molecule has 0 spiro atoms. The highest BCUT2D eigenvalue weighted by Crippen LogP contribution is 2.28. The van der Waals surface area contributed by atoms with E-state index in [0.29, 0.717) is 11.9 Å². The molecule has 4 rings (SSSR count). The molecule has 0 bridgehead atoms. The van der Waals surface area contributed by atoms with E-state index in [1.54, 1.807) is 6.33 Å². The Bertz CT molecular complexity index is 858. The van der Waals surface area contributed by atoms with E-state index in [2.05, 4.69) is 46.2 Å². The molecule has 4 heteroatoms. The molecule has 138 valence electrons. The van der Waals surface area contributed by atoms with Crippen molar-refractivity contribution in [2.45, 2.75) is 38.1 Å². The first-order valence-electron chi connectivity index (χ1n) is 9.68. The number of hydrogen-bond donors (Lipinski definition) is 0. The van der Waals surface area contributed by atoms with Crippen LogP contribution in [0.5, 0.6) is 11.6 Å². The van der Waals surface area contributed by atoms with E-state index in [1.807, 2.05) is 36.4 Å². The third-order valence-electron chi connectivity index (χ3n) is 5.30. The zero-order valence-electron chi connectivity index (χ0n) is 15.7. The van der Waals surface area contributed by atoms with Gasteiger partial charge < -0.3 is 9.64 Å². The van der Waals surface area contributed by atoms with E-state index in [1.165, 1.54) is 43.2 Å². The number of benzene rings is 2. The average molecular weight is 359 g/mol. The number of rotatable bonds is 5. The van der Waals surface area contributed by atoms with Crippen LogP contribution in [0.1, 0.15) is 32.1 Å². The second kappa shape index (κ2) is 8.21. The smallest absolute Gasteiger partial charge is 0.224 e. The summed E-state index contributed by atoms with van der Waals surface area (Å²) in [7, 11) is 2.12. The Morgan fingerprint density at radius 3 is 2.30 bits per heavy atom. The number of nitrogens with zero attached hydrogens (tertiary/aromatic N) is 3. The van der Waals surface area contributed by atoms with E-state index >= 15 is 0 Å². The van der Waals surface area contributed by atoms with Crippen molar-refractivity contribution in [2.24, 2.45) is 0 Å². The largest absolute Gasteiger partial charge is 0.439 e.